The van der Waals surface area contributed by atoms with E-state index in [0.29, 0.717) is 0 Å². The Kier molecular flexibility index (Phi) is 5.34. The highest BCUT2D eigenvalue weighted by atomic mass is 35.5. The first-order chi connectivity index (χ1) is 9.47. The summed E-state index contributed by atoms with van der Waals surface area (Å²) in [5.41, 5.74) is 1.24. The minimum atomic E-state index is 0.0506. The Hall–Kier alpha value is -0.730. The van der Waals surface area contributed by atoms with Crippen LogP contribution in [-0.4, -0.2) is 19.7 Å². The average molecular weight is 296 g/mol. The summed E-state index contributed by atoms with van der Waals surface area (Å²) in [6.07, 6.45) is 3.69. The van der Waals surface area contributed by atoms with Gasteiger partial charge in [-0.2, -0.15) is 0 Å². The van der Waals surface area contributed by atoms with Crippen molar-refractivity contribution in [2.45, 2.75) is 45.4 Å². The molecule has 20 heavy (non-hydrogen) atoms. The van der Waals surface area contributed by atoms with E-state index in [1.807, 2.05) is 18.2 Å². The summed E-state index contributed by atoms with van der Waals surface area (Å²) in [6.45, 7) is 9.68. The molecule has 0 spiro atoms. The minimum absolute atomic E-state index is 0.0506. The van der Waals surface area contributed by atoms with E-state index < -0.39 is 0 Å². The van der Waals surface area contributed by atoms with Gasteiger partial charge in [-0.25, -0.2) is 0 Å². The molecular weight excluding hydrogens is 270 g/mol. The molecule has 0 amide bonds. The maximum Gasteiger partial charge on any atom is 0.123 e. The van der Waals surface area contributed by atoms with Crippen LogP contribution >= 0.6 is 11.6 Å². The van der Waals surface area contributed by atoms with Gasteiger partial charge in [0.2, 0.25) is 0 Å². The zero-order valence-electron chi connectivity index (χ0n) is 12.8. The van der Waals surface area contributed by atoms with Gasteiger partial charge >= 0.3 is 0 Å². The van der Waals surface area contributed by atoms with Gasteiger partial charge in [0.1, 0.15) is 5.75 Å². The number of ether oxygens (including phenoxy) is 1. The molecule has 2 rings (SSSR count). The van der Waals surface area contributed by atoms with Crippen molar-refractivity contribution in [3.05, 3.63) is 28.8 Å². The third-order valence-electron chi connectivity index (χ3n) is 3.99. The summed E-state index contributed by atoms with van der Waals surface area (Å²) in [7, 11) is 0. The van der Waals surface area contributed by atoms with E-state index >= 15 is 0 Å². The molecule has 2 nitrogen and oxygen atoms in total. The van der Waals surface area contributed by atoms with Crippen LogP contribution < -0.4 is 10.1 Å². The van der Waals surface area contributed by atoms with Crippen LogP contribution in [0.5, 0.6) is 5.75 Å². The van der Waals surface area contributed by atoms with E-state index in [1.54, 1.807) is 0 Å². The molecule has 0 aliphatic carbocycles. The molecule has 3 heteroatoms. The zero-order valence-corrected chi connectivity index (χ0v) is 13.6. The van der Waals surface area contributed by atoms with Gasteiger partial charge < -0.3 is 10.1 Å². The molecule has 1 aromatic rings. The van der Waals surface area contributed by atoms with Crippen molar-refractivity contribution in [1.82, 2.24) is 5.32 Å². The molecule has 1 saturated heterocycles. The average Bonchev–Trinajstić information content (AvgIpc) is 2.40. The van der Waals surface area contributed by atoms with E-state index in [1.165, 1.54) is 18.4 Å². The molecular formula is C17H26ClNO. The van der Waals surface area contributed by atoms with Crippen LogP contribution in [0.1, 0.15) is 45.6 Å². The van der Waals surface area contributed by atoms with Crippen molar-refractivity contribution >= 4 is 11.6 Å². The molecule has 112 valence electrons. The highest BCUT2D eigenvalue weighted by molar-refractivity contribution is 6.30. The van der Waals surface area contributed by atoms with E-state index in [-0.39, 0.29) is 5.41 Å². The Morgan fingerprint density at radius 3 is 2.60 bits per heavy atom. The minimum Gasteiger partial charge on any atom is -0.493 e. The summed E-state index contributed by atoms with van der Waals surface area (Å²) in [5.74, 6) is 1.79. The molecule has 0 atom stereocenters. The lowest BCUT2D eigenvalue weighted by molar-refractivity contribution is 0.248. The second kappa shape index (κ2) is 6.82. The Balaban J connectivity index is 1.95. The highest BCUT2D eigenvalue weighted by Crippen LogP contribution is 2.33. The summed E-state index contributed by atoms with van der Waals surface area (Å²) in [5, 5.41) is 4.18. The fourth-order valence-electron chi connectivity index (χ4n) is 2.72. The highest BCUT2D eigenvalue weighted by Gasteiger charge is 2.20. The molecule has 0 radical (unpaired) electrons. The van der Waals surface area contributed by atoms with E-state index in [4.69, 9.17) is 16.3 Å². The van der Waals surface area contributed by atoms with Crippen molar-refractivity contribution in [2.75, 3.05) is 19.7 Å². The fourth-order valence-corrected chi connectivity index (χ4v) is 2.89. The lowest BCUT2D eigenvalue weighted by atomic mass is 9.86. The van der Waals surface area contributed by atoms with Gasteiger partial charge in [-0.3, -0.25) is 0 Å². The zero-order chi connectivity index (χ0) is 14.6. The molecule has 1 aliphatic rings. The van der Waals surface area contributed by atoms with Gasteiger partial charge in [0, 0.05) is 10.6 Å². The second-order valence-corrected chi connectivity index (χ2v) is 7.16. The first-order valence-corrected chi connectivity index (χ1v) is 7.98. The van der Waals surface area contributed by atoms with Crippen molar-refractivity contribution in [2.24, 2.45) is 5.92 Å². The maximum absolute atomic E-state index is 6.12. The third kappa shape index (κ3) is 4.39. The van der Waals surface area contributed by atoms with Crippen molar-refractivity contribution in [3.63, 3.8) is 0 Å². The monoisotopic (exact) mass is 295 g/mol. The van der Waals surface area contributed by atoms with Crippen LogP contribution in [0, 0.1) is 5.92 Å². The maximum atomic E-state index is 6.12. The summed E-state index contributed by atoms with van der Waals surface area (Å²) in [6, 6.07) is 5.95. The van der Waals surface area contributed by atoms with Gasteiger partial charge in [-0.15, -0.1) is 0 Å². The molecule has 0 bridgehead atoms. The van der Waals surface area contributed by atoms with Gasteiger partial charge in [0.25, 0.3) is 0 Å². The largest absolute Gasteiger partial charge is 0.493 e. The van der Waals surface area contributed by atoms with Gasteiger partial charge in [0.15, 0.2) is 0 Å². The van der Waals surface area contributed by atoms with Crippen LogP contribution in [0.25, 0.3) is 0 Å². The molecule has 1 fully saturated rings. The SMILES string of the molecule is CC(C)(C)c1cc(Cl)ccc1OCCC1CCNCC1. The van der Waals surface area contributed by atoms with Crippen LogP contribution in [0.3, 0.4) is 0 Å². The molecule has 0 saturated carbocycles. The lowest BCUT2D eigenvalue weighted by Crippen LogP contribution is -2.28. The van der Waals surface area contributed by atoms with Crippen LogP contribution in [0.15, 0.2) is 18.2 Å². The van der Waals surface area contributed by atoms with Crippen LogP contribution in [-0.2, 0) is 5.41 Å². The molecule has 1 N–H and O–H groups in total. The van der Waals surface area contributed by atoms with Gasteiger partial charge in [0.05, 0.1) is 6.61 Å². The van der Waals surface area contributed by atoms with E-state index in [9.17, 15) is 0 Å². The Labute approximate surface area is 127 Å². The van der Waals surface area contributed by atoms with Crippen molar-refractivity contribution in [3.8, 4) is 5.75 Å². The van der Waals surface area contributed by atoms with E-state index in [2.05, 4.69) is 26.1 Å². The normalized spacial score (nSPS) is 17.2. The summed E-state index contributed by atoms with van der Waals surface area (Å²) in [4.78, 5) is 0. The third-order valence-corrected chi connectivity index (χ3v) is 4.23. The Morgan fingerprint density at radius 2 is 1.95 bits per heavy atom. The predicted octanol–water partition coefficient (Wildman–Crippen LogP) is 4.41. The number of nitrogens with one attached hydrogen (secondary N) is 1. The lowest BCUT2D eigenvalue weighted by Gasteiger charge is -2.25. The first-order valence-electron chi connectivity index (χ1n) is 7.60. The van der Waals surface area contributed by atoms with E-state index in [0.717, 1.165) is 42.8 Å². The Morgan fingerprint density at radius 1 is 1.25 bits per heavy atom. The molecule has 0 aromatic heterocycles. The van der Waals surface area contributed by atoms with Crippen LogP contribution in [0.2, 0.25) is 5.02 Å². The quantitative estimate of drug-likeness (QED) is 0.888. The summed E-state index contributed by atoms with van der Waals surface area (Å²) >= 11 is 6.12. The molecule has 1 aliphatic heterocycles. The standard InChI is InChI=1S/C17H26ClNO/c1-17(2,3)15-12-14(18)4-5-16(15)20-11-8-13-6-9-19-10-7-13/h4-5,12-13,19H,6-11H2,1-3H3. The molecule has 1 heterocycles. The predicted molar refractivity (Wildman–Crippen MR) is 85.9 cm³/mol. The van der Waals surface area contributed by atoms with Gasteiger partial charge in [-0.1, -0.05) is 32.4 Å². The number of rotatable bonds is 4. The van der Waals surface area contributed by atoms with Crippen molar-refractivity contribution in [1.29, 1.82) is 0 Å². The number of benzene rings is 1. The first kappa shape index (κ1) is 15.7. The second-order valence-electron chi connectivity index (χ2n) is 6.72. The fraction of sp³-hybridized carbons (Fsp3) is 0.647. The van der Waals surface area contributed by atoms with Crippen molar-refractivity contribution < 1.29 is 4.74 Å². The molecule has 1 aromatic carbocycles. The number of piperidine rings is 1. The van der Waals surface area contributed by atoms with Gasteiger partial charge in [-0.05, 0) is 61.9 Å². The number of halogens is 1. The smallest absolute Gasteiger partial charge is 0.123 e. The topological polar surface area (TPSA) is 21.3 Å². The number of hydrogen-bond donors (Lipinski definition) is 1. The molecule has 0 unspecified atom stereocenters. The van der Waals surface area contributed by atoms with Crippen LogP contribution in [0.4, 0.5) is 0 Å². The Bertz CT molecular complexity index is 433. The summed E-state index contributed by atoms with van der Waals surface area (Å²) < 4.78 is 6.04. The number of hydrogen-bond acceptors (Lipinski definition) is 2.